The minimum atomic E-state index is -1.04. The Morgan fingerprint density at radius 2 is 1.59 bits per heavy atom. The molecule has 0 saturated heterocycles. The molecule has 1 unspecified atom stereocenters. The number of carbonyl (C=O) groups excluding carboxylic acids is 1. The zero-order valence-electron chi connectivity index (χ0n) is 21.9. The molecule has 0 aliphatic heterocycles. The van der Waals surface area contributed by atoms with E-state index < -0.39 is 17.4 Å². The van der Waals surface area contributed by atoms with E-state index >= 15 is 0 Å². The first kappa shape index (κ1) is 26.2. The second-order valence-corrected chi connectivity index (χ2v) is 10.3. The number of hydrogen-bond acceptors (Lipinski definition) is 4. The molecule has 0 radical (unpaired) electrons. The summed E-state index contributed by atoms with van der Waals surface area (Å²) in [5.74, 6) is -1.23. The van der Waals surface area contributed by atoms with E-state index in [1.165, 1.54) is 0 Å². The van der Waals surface area contributed by atoms with E-state index in [2.05, 4.69) is 22.2 Å². The van der Waals surface area contributed by atoms with Crippen molar-refractivity contribution in [2.75, 3.05) is 5.32 Å². The average Bonchev–Trinajstić information content (AvgIpc) is 2.98. The molecule has 0 bridgehead atoms. The smallest absolute Gasteiger partial charge is 0.326 e. The van der Waals surface area contributed by atoms with Crippen molar-refractivity contribution in [1.29, 1.82) is 0 Å². The van der Waals surface area contributed by atoms with Crippen LogP contribution in [0.5, 0.6) is 0 Å². The van der Waals surface area contributed by atoms with Gasteiger partial charge in [0.25, 0.3) is 0 Å². The van der Waals surface area contributed by atoms with Crippen molar-refractivity contribution in [3.05, 3.63) is 114 Å². The predicted octanol–water partition coefficient (Wildman–Crippen LogP) is 6.33. The summed E-state index contributed by atoms with van der Waals surface area (Å²) in [5.41, 5.74) is 4.56. The van der Waals surface area contributed by atoms with E-state index in [0.717, 1.165) is 71.1 Å². The first-order chi connectivity index (χ1) is 19.0. The standard InChI is InChI=1S/C33H33N3O3/c1-23(27-18-21-34-29-13-7-6-12-28(27)29)35-26-16-14-24(15-17-26)22-30(31(37)38)36-32(39)33(19-8-3-9-20-33)25-10-4-2-5-11-25/h2,4-7,10-18,21,30,35H,1,3,8-9,19-20,22H2,(H,36,39)(H,37,38). The third-order valence-electron chi connectivity index (χ3n) is 7.73. The lowest BCUT2D eigenvalue weighted by atomic mass is 9.68. The predicted molar refractivity (Wildman–Crippen MR) is 155 cm³/mol. The number of carboxylic acids is 1. The van der Waals surface area contributed by atoms with Crippen molar-refractivity contribution in [2.24, 2.45) is 0 Å². The number of aromatic nitrogens is 1. The molecule has 39 heavy (non-hydrogen) atoms. The third kappa shape index (κ3) is 5.70. The fourth-order valence-corrected chi connectivity index (χ4v) is 5.62. The third-order valence-corrected chi connectivity index (χ3v) is 7.73. The number of benzene rings is 3. The van der Waals surface area contributed by atoms with E-state index in [4.69, 9.17) is 0 Å². The van der Waals surface area contributed by atoms with Crippen LogP contribution in [0.3, 0.4) is 0 Å². The highest BCUT2D eigenvalue weighted by Crippen LogP contribution is 2.40. The number of carbonyl (C=O) groups is 2. The van der Waals surface area contributed by atoms with E-state index in [1.54, 1.807) is 6.20 Å². The summed E-state index contributed by atoms with van der Waals surface area (Å²) in [7, 11) is 0. The lowest BCUT2D eigenvalue weighted by molar-refractivity contribution is -0.143. The van der Waals surface area contributed by atoms with Gasteiger partial charge in [-0.15, -0.1) is 0 Å². The molecule has 1 saturated carbocycles. The van der Waals surface area contributed by atoms with Gasteiger partial charge in [0, 0.05) is 35.0 Å². The van der Waals surface area contributed by atoms with Crippen molar-refractivity contribution in [3.63, 3.8) is 0 Å². The lowest BCUT2D eigenvalue weighted by Gasteiger charge is -2.37. The average molecular weight is 520 g/mol. The van der Waals surface area contributed by atoms with Gasteiger partial charge in [0.1, 0.15) is 6.04 Å². The Balaban J connectivity index is 1.28. The van der Waals surface area contributed by atoms with Gasteiger partial charge in [0.15, 0.2) is 0 Å². The molecule has 3 N–H and O–H groups in total. The first-order valence-corrected chi connectivity index (χ1v) is 13.4. The maximum atomic E-state index is 13.6. The largest absolute Gasteiger partial charge is 0.480 e. The van der Waals surface area contributed by atoms with Gasteiger partial charge in [-0.3, -0.25) is 9.78 Å². The molecule has 0 spiro atoms. The van der Waals surface area contributed by atoms with Crippen LogP contribution in [0.2, 0.25) is 0 Å². The Labute approximate surface area is 228 Å². The molecule has 1 atom stereocenters. The number of hydrogen-bond donors (Lipinski definition) is 3. The molecule has 4 aromatic rings. The Bertz CT molecular complexity index is 1470. The number of fused-ring (bicyclic) bond motifs is 1. The SMILES string of the molecule is C=C(Nc1ccc(CC(NC(=O)C2(c3ccccc3)CCCCC2)C(=O)O)cc1)c1ccnc2ccccc12. The summed E-state index contributed by atoms with van der Waals surface area (Å²) in [6.45, 7) is 4.21. The number of nitrogens with one attached hydrogen (secondary N) is 2. The Morgan fingerprint density at radius 3 is 2.31 bits per heavy atom. The van der Waals surface area contributed by atoms with Crippen molar-refractivity contribution in [2.45, 2.75) is 50.0 Å². The summed E-state index contributed by atoms with van der Waals surface area (Å²) in [4.78, 5) is 30.2. The van der Waals surface area contributed by atoms with Crippen LogP contribution < -0.4 is 10.6 Å². The van der Waals surface area contributed by atoms with Crippen LogP contribution in [-0.4, -0.2) is 28.0 Å². The fourth-order valence-electron chi connectivity index (χ4n) is 5.62. The second-order valence-electron chi connectivity index (χ2n) is 10.3. The maximum Gasteiger partial charge on any atom is 0.326 e. The zero-order chi connectivity index (χ0) is 27.2. The summed E-state index contributed by atoms with van der Waals surface area (Å²) in [6.07, 6.45) is 6.42. The molecule has 1 amide bonds. The maximum absolute atomic E-state index is 13.6. The quantitative estimate of drug-likeness (QED) is 0.240. The second kappa shape index (κ2) is 11.5. The fraction of sp³-hybridized carbons (Fsp3) is 0.242. The first-order valence-electron chi connectivity index (χ1n) is 13.4. The molecule has 6 nitrogen and oxygen atoms in total. The van der Waals surface area contributed by atoms with Gasteiger partial charge in [0.05, 0.1) is 10.9 Å². The Kier molecular flexibility index (Phi) is 7.73. The summed E-state index contributed by atoms with van der Waals surface area (Å²) in [6, 6.07) is 26.2. The molecule has 198 valence electrons. The molecule has 1 fully saturated rings. The van der Waals surface area contributed by atoms with Crippen LogP contribution in [0.4, 0.5) is 5.69 Å². The molecular formula is C33H33N3O3. The zero-order valence-corrected chi connectivity index (χ0v) is 21.9. The summed E-state index contributed by atoms with van der Waals surface area (Å²) >= 11 is 0. The van der Waals surface area contributed by atoms with Crippen molar-refractivity contribution in [1.82, 2.24) is 10.3 Å². The molecular weight excluding hydrogens is 486 g/mol. The highest BCUT2D eigenvalue weighted by molar-refractivity contribution is 5.94. The monoisotopic (exact) mass is 519 g/mol. The molecule has 1 aliphatic carbocycles. The molecule has 5 rings (SSSR count). The molecule has 3 aromatic carbocycles. The minimum Gasteiger partial charge on any atom is -0.480 e. The van der Waals surface area contributed by atoms with Gasteiger partial charge < -0.3 is 15.7 Å². The van der Waals surface area contributed by atoms with E-state index in [-0.39, 0.29) is 12.3 Å². The van der Waals surface area contributed by atoms with E-state index in [0.29, 0.717) is 0 Å². The van der Waals surface area contributed by atoms with E-state index in [1.807, 2.05) is 84.9 Å². The number of pyridine rings is 1. The van der Waals surface area contributed by atoms with Crippen LogP contribution >= 0.6 is 0 Å². The van der Waals surface area contributed by atoms with Crippen molar-refractivity contribution < 1.29 is 14.7 Å². The lowest BCUT2D eigenvalue weighted by Crippen LogP contribution is -2.52. The minimum absolute atomic E-state index is 0.194. The van der Waals surface area contributed by atoms with Crippen LogP contribution in [0.15, 0.2) is 97.7 Å². The highest BCUT2D eigenvalue weighted by Gasteiger charge is 2.42. The van der Waals surface area contributed by atoms with Crippen molar-refractivity contribution in [3.8, 4) is 0 Å². The number of carboxylic acid groups (broad SMARTS) is 1. The highest BCUT2D eigenvalue weighted by atomic mass is 16.4. The normalized spacial score (nSPS) is 15.3. The number of anilines is 1. The Morgan fingerprint density at radius 1 is 0.897 bits per heavy atom. The summed E-state index contributed by atoms with van der Waals surface area (Å²) in [5, 5.41) is 17.2. The van der Waals surface area contributed by atoms with Crippen molar-refractivity contribution >= 4 is 34.2 Å². The van der Waals surface area contributed by atoms with Gasteiger partial charge in [-0.25, -0.2) is 4.79 Å². The molecule has 1 aliphatic rings. The topological polar surface area (TPSA) is 91.3 Å². The van der Waals surface area contributed by atoms with Crippen LogP contribution in [0, 0.1) is 0 Å². The molecule has 1 heterocycles. The van der Waals surface area contributed by atoms with Gasteiger partial charge in [-0.05, 0) is 48.2 Å². The van der Waals surface area contributed by atoms with Gasteiger partial charge in [-0.2, -0.15) is 0 Å². The Hall–Kier alpha value is -4.45. The van der Waals surface area contributed by atoms with Gasteiger partial charge >= 0.3 is 5.97 Å². The number of rotatable bonds is 9. The number of aliphatic carboxylic acids is 1. The number of para-hydroxylation sites is 1. The van der Waals surface area contributed by atoms with Gasteiger partial charge in [-0.1, -0.05) is 86.5 Å². The number of amides is 1. The summed E-state index contributed by atoms with van der Waals surface area (Å²) < 4.78 is 0. The number of nitrogens with zero attached hydrogens (tertiary/aromatic N) is 1. The van der Waals surface area contributed by atoms with Gasteiger partial charge in [0.2, 0.25) is 5.91 Å². The van der Waals surface area contributed by atoms with Crippen LogP contribution in [-0.2, 0) is 21.4 Å². The van der Waals surface area contributed by atoms with Crippen LogP contribution in [0.25, 0.3) is 16.6 Å². The molecule has 1 aromatic heterocycles. The van der Waals surface area contributed by atoms with E-state index in [9.17, 15) is 14.7 Å². The molecule has 6 heteroatoms. The van der Waals surface area contributed by atoms with Crippen LogP contribution in [0.1, 0.15) is 48.8 Å².